The highest BCUT2D eigenvalue weighted by Crippen LogP contribution is 2.17. The second kappa shape index (κ2) is 5.27. The molecule has 5 N–H and O–H groups in total. The van der Waals surface area contributed by atoms with Crippen LogP contribution in [-0.2, 0) is 0 Å². The number of nitrogens with one attached hydrogen (secondary N) is 3. The molecule has 0 saturated carbocycles. The summed E-state index contributed by atoms with van der Waals surface area (Å²) in [6, 6.07) is 3.80. The first-order valence-electron chi connectivity index (χ1n) is 6.21. The van der Waals surface area contributed by atoms with Crippen molar-refractivity contribution in [2.75, 3.05) is 17.2 Å². The lowest BCUT2D eigenvalue weighted by Gasteiger charge is -2.19. The predicted octanol–water partition coefficient (Wildman–Crippen LogP) is 2.01. The smallest absolute Gasteiger partial charge is 0.136 e. The highest BCUT2D eigenvalue weighted by Gasteiger charge is 2.11. The van der Waals surface area contributed by atoms with Crippen LogP contribution in [0.25, 0.3) is 0 Å². The predicted molar refractivity (Wildman–Crippen MR) is 77.6 cm³/mol. The topological polar surface area (TPSA) is 91.6 Å². The molecule has 0 spiro atoms. The Balaban J connectivity index is 2.10. The van der Waals surface area contributed by atoms with E-state index in [9.17, 15) is 0 Å². The van der Waals surface area contributed by atoms with Crippen LogP contribution in [0.1, 0.15) is 19.7 Å². The van der Waals surface area contributed by atoms with E-state index in [1.807, 2.05) is 45.3 Å². The van der Waals surface area contributed by atoms with Gasteiger partial charge < -0.3 is 21.4 Å². The Morgan fingerprint density at radius 3 is 2.68 bits per heavy atom. The number of hydrogen-bond donors (Lipinski definition) is 4. The van der Waals surface area contributed by atoms with Crippen molar-refractivity contribution in [2.24, 2.45) is 5.73 Å². The van der Waals surface area contributed by atoms with Crippen LogP contribution >= 0.6 is 0 Å². The first-order valence-corrected chi connectivity index (χ1v) is 6.21. The standard InChI is InChI=1S/C13H20N6/c1-9-17-11(16-8-13(2,3)14)6-12(18-9)19-10-4-5-15-7-10/h4-7,15H,8,14H2,1-3H3,(H2,16,17,18,19). The molecule has 19 heavy (non-hydrogen) atoms. The van der Waals surface area contributed by atoms with E-state index in [1.54, 1.807) is 0 Å². The Morgan fingerprint density at radius 1 is 1.32 bits per heavy atom. The molecule has 0 aliphatic heterocycles. The van der Waals surface area contributed by atoms with Gasteiger partial charge in [-0.1, -0.05) is 0 Å². The first-order chi connectivity index (χ1) is 8.92. The largest absolute Gasteiger partial charge is 0.368 e. The normalized spacial score (nSPS) is 11.4. The fourth-order valence-corrected chi connectivity index (χ4v) is 1.59. The Kier molecular flexibility index (Phi) is 3.71. The van der Waals surface area contributed by atoms with Gasteiger partial charge in [-0.2, -0.15) is 0 Å². The van der Waals surface area contributed by atoms with E-state index in [-0.39, 0.29) is 5.54 Å². The summed E-state index contributed by atoms with van der Waals surface area (Å²) in [5, 5.41) is 6.43. The molecule has 0 aromatic carbocycles. The molecule has 0 bridgehead atoms. The summed E-state index contributed by atoms with van der Waals surface area (Å²) < 4.78 is 0. The number of nitrogens with zero attached hydrogens (tertiary/aromatic N) is 2. The summed E-state index contributed by atoms with van der Waals surface area (Å²) in [5.74, 6) is 2.23. The zero-order chi connectivity index (χ0) is 13.9. The van der Waals surface area contributed by atoms with Gasteiger partial charge in [0.05, 0.1) is 5.69 Å². The third-order valence-corrected chi connectivity index (χ3v) is 2.43. The van der Waals surface area contributed by atoms with Crippen LogP contribution in [-0.4, -0.2) is 27.0 Å². The maximum Gasteiger partial charge on any atom is 0.136 e. The molecule has 0 radical (unpaired) electrons. The van der Waals surface area contributed by atoms with Crippen molar-refractivity contribution in [1.29, 1.82) is 0 Å². The summed E-state index contributed by atoms with van der Waals surface area (Å²) in [4.78, 5) is 11.7. The lowest BCUT2D eigenvalue weighted by molar-refractivity contribution is 0.548. The van der Waals surface area contributed by atoms with Gasteiger partial charge in [-0.25, -0.2) is 9.97 Å². The van der Waals surface area contributed by atoms with Gasteiger partial charge >= 0.3 is 0 Å². The quantitative estimate of drug-likeness (QED) is 0.660. The molecule has 0 aliphatic rings. The molecular weight excluding hydrogens is 240 g/mol. The van der Waals surface area contributed by atoms with Gasteiger partial charge in [0, 0.05) is 30.5 Å². The van der Waals surface area contributed by atoms with Gasteiger partial charge in [0.15, 0.2) is 0 Å². The Bertz CT molecular complexity index is 527. The van der Waals surface area contributed by atoms with E-state index in [4.69, 9.17) is 5.73 Å². The molecule has 0 atom stereocenters. The molecule has 0 amide bonds. The van der Waals surface area contributed by atoms with Crippen molar-refractivity contribution >= 4 is 17.3 Å². The summed E-state index contributed by atoms with van der Waals surface area (Å²) >= 11 is 0. The molecule has 2 rings (SSSR count). The average Bonchev–Trinajstić information content (AvgIpc) is 2.77. The maximum absolute atomic E-state index is 5.94. The number of anilines is 3. The zero-order valence-corrected chi connectivity index (χ0v) is 11.5. The molecule has 6 nitrogen and oxygen atoms in total. The Morgan fingerprint density at radius 2 is 2.05 bits per heavy atom. The molecule has 0 unspecified atom stereocenters. The van der Waals surface area contributed by atoms with Gasteiger partial charge in [0.25, 0.3) is 0 Å². The van der Waals surface area contributed by atoms with Gasteiger partial charge in [0.2, 0.25) is 0 Å². The van der Waals surface area contributed by atoms with Crippen molar-refractivity contribution in [3.05, 3.63) is 30.4 Å². The fourth-order valence-electron chi connectivity index (χ4n) is 1.59. The van der Waals surface area contributed by atoms with Crippen molar-refractivity contribution in [3.63, 3.8) is 0 Å². The van der Waals surface area contributed by atoms with E-state index >= 15 is 0 Å². The monoisotopic (exact) mass is 260 g/mol. The highest BCUT2D eigenvalue weighted by molar-refractivity contribution is 5.58. The van der Waals surface area contributed by atoms with E-state index in [0.29, 0.717) is 12.4 Å². The van der Waals surface area contributed by atoms with Gasteiger partial charge in [-0.05, 0) is 26.8 Å². The molecule has 102 valence electrons. The van der Waals surface area contributed by atoms with Crippen LogP contribution in [0.2, 0.25) is 0 Å². The van der Waals surface area contributed by atoms with E-state index < -0.39 is 0 Å². The molecule has 0 fully saturated rings. The number of rotatable bonds is 5. The van der Waals surface area contributed by atoms with Crippen LogP contribution in [0.3, 0.4) is 0 Å². The SMILES string of the molecule is Cc1nc(NCC(C)(C)N)cc(Nc2cc[nH]c2)n1. The number of nitrogens with two attached hydrogens (primary N) is 1. The lowest BCUT2D eigenvalue weighted by Crippen LogP contribution is -2.39. The van der Waals surface area contributed by atoms with Crippen molar-refractivity contribution < 1.29 is 0 Å². The molecule has 0 saturated heterocycles. The highest BCUT2D eigenvalue weighted by atomic mass is 15.1. The Hall–Kier alpha value is -2.08. The number of aryl methyl sites for hydroxylation is 1. The molecule has 2 aromatic heterocycles. The van der Waals surface area contributed by atoms with Crippen LogP contribution in [0.15, 0.2) is 24.5 Å². The van der Waals surface area contributed by atoms with Crippen LogP contribution in [0, 0.1) is 6.92 Å². The number of aromatic nitrogens is 3. The van der Waals surface area contributed by atoms with Crippen molar-refractivity contribution in [1.82, 2.24) is 15.0 Å². The third-order valence-electron chi connectivity index (χ3n) is 2.43. The molecule has 2 aromatic rings. The van der Waals surface area contributed by atoms with Crippen molar-refractivity contribution in [2.45, 2.75) is 26.3 Å². The summed E-state index contributed by atoms with van der Waals surface area (Å²) in [6.07, 6.45) is 3.72. The number of hydrogen-bond acceptors (Lipinski definition) is 5. The van der Waals surface area contributed by atoms with E-state index in [2.05, 4.69) is 25.6 Å². The van der Waals surface area contributed by atoms with Crippen LogP contribution in [0.4, 0.5) is 17.3 Å². The second-order valence-corrected chi connectivity index (χ2v) is 5.25. The molecule has 6 heteroatoms. The fraction of sp³-hybridized carbons (Fsp3) is 0.385. The second-order valence-electron chi connectivity index (χ2n) is 5.25. The van der Waals surface area contributed by atoms with Crippen molar-refractivity contribution in [3.8, 4) is 0 Å². The minimum absolute atomic E-state index is 0.285. The molecule has 2 heterocycles. The zero-order valence-electron chi connectivity index (χ0n) is 11.5. The summed E-state index contributed by atoms with van der Waals surface area (Å²) in [7, 11) is 0. The molecular formula is C13H20N6. The van der Waals surface area contributed by atoms with Gasteiger partial charge in [-0.3, -0.25) is 0 Å². The molecule has 0 aliphatic carbocycles. The minimum Gasteiger partial charge on any atom is -0.368 e. The number of H-pyrrole nitrogens is 1. The van der Waals surface area contributed by atoms with E-state index in [1.165, 1.54) is 0 Å². The minimum atomic E-state index is -0.285. The lowest BCUT2D eigenvalue weighted by atomic mass is 10.1. The third kappa shape index (κ3) is 4.26. The summed E-state index contributed by atoms with van der Waals surface area (Å²) in [5.41, 5.74) is 6.62. The van der Waals surface area contributed by atoms with Gasteiger partial charge in [0.1, 0.15) is 17.5 Å². The van der Waals surface area contributed by atoms with Gasteiger partial charge in [-0.15, -0.1) is 0 Å². The number of aromatic amines is 1. The van der Waals surface area contributed by atoms with E-state index in [0.717, 1.165) is 17.3 Å². The van der Waals surface area contributed by atoms with Crippen LogP contribution < -0.4 is 16.4 Å². The average molecular weight is 260 g/mol. The summed E-state index contributed by atoms with van der Waals surface area (Å²) in [6.45, 7) is 6.44. The first kappa shape index (κ1) is 13.4. The van der Waals surface area contributed by atoms with Crippen LogP contribution in [0.5, 0.6) is 0 Å². The Labute approximate surface area is 112 Å². The maximum atomic E-state index is 5.94.